The van der Waals surface area contributed by atoms with Gasteiger partial charge in [0.2, 0.25) is 0 Å². The molecule has 106 valence electrons. The first kappa shape index (κ1) is 15.3. The lowest BCUT2D eigenvalue weighted by Gasteiger charge is -2.18. The Balaban J connectivity index is 2.33. The van der Waals surface area contributed by atoms with E-state index in [4.69, 9.17) is 15.7 Å². The van der Waals surface area contributed by atoms with E-state index < -0.39 is 0 Å². The molecule has 5 nitrogen and oxygen atoms in total. The zero-order chi connectivity index (χ0) is 14.1. The van der Waals surface area contributed by atoms with Gasteiger partial charge in [-0.15, -0.1) is 0 Å². The summed E-state index contributed by atoms with van der Waals surface area (Å²) in [4.78, 5) is 2.24. The predicted molar refractivity (Wildman–Crippen MR) is 76.6 cm³/mol. The van der Waals surface area contributed by atoms with Crippen LogP contribution >= 0.6 is 0 Å². The quantitative estimate of drug-likeness (QED) is 0.248. The molecule has 1 rings (SSSR count). The van der Waals surface area contributed by atoms with Gasteiger partial charge < -0.3 is 20.6 Å². The summed E-state index contributed by atoms with van der Waals surface area (Å²) < 4.78 is 5.33. The Morgan fingerprint density at radius 2 is 2.11 bits per heavy atom. The zero-order valence-electron chi connectivity index (χ0n) is 11.7. The Morgan fingerprint density at radius 1 is 1.37 bits per heavy atom. The second kappa shape index (κ2) is 8.37. The SMILES string of the molecule is COc1ccccc1CN(C)CCCCC(N)=NO. The standard InChI is InChI=1S/C14H23N3O2/c1-17(10-6-5-9-14(15)16-18)11-12-7-3-4-8-13(12)19-2/h3-4,7-8,18H,5-6,9-11H2,1-2H3,(H2,15,16). The molecule has 3 N–H and O–H groups in total. The van der Waals surface area contributed by atoms with Crippen LogP contribution in [0.2, 0.25) is 0 Å². The number of methoxy groups -OCH3 is 1. The van der Waals surface area contributed by atoms with Crippen molar-refractivity contribution in [3.8, 4) is 5.75 Å². The molecule has 0 aromatic heterocycles. The fourth-order valence-electron chi connectivity index (χ4n) is 1.94. The molecule has 0 amide bonds. The third-order valence-corrected chi connectivity index (χ3v) is 2.98. The first-order valence-electron chi connectivity index (χ1n) is 6.44. The van der Waals surface area contributed by atoms with Crippen molar-refractivity contribution in [2.75, 3.05) is 20.7 Å². The van der Waals surface area contributed by atoms with E-state index in [2.05, 4.69) is 23.2 Å². The van der Waals surface area contributed by atoms with Crippen LogP contribution in [0.25, 0.3) is 0 Å². The van der Waals surface area contributed by atoms with E-state index in [0.29, 0.717) is 12.3 Å². The minimum Gasteiger partial charge on any atom is -0.496 e. The maximum Gasteiger partial charge on any atom is 0.139 e. The monoisotopic (exact) mass is 265 g/mol. The van der Waals surface area contributed by atoms with Gasteiger partial charge in [0.15, 0.2) is 0 Å². The van der Waals surface area contributed by atoms with E-state index in [1.807, 2.05) is 18.2 Å². The van der Waals surface area contributed by atoms with E-state index in [9.17, 15) is 0 Å². The molecule has 0 saturated heterocycles. The summed E-state index contributed by atoms with van der Waals surface area (Å²) in [6.45, 7) is 1.82. The molecule has 0 saturated carbocycles. The Kier molecular flexibility index (Phi) is 6.74. The van der Waals surface area contributed by atoms with Crippen molar-refractivity contribution in [2.45, 2.75) is 25.8 Å². The summed E-state index contributed by atoms with van der Waals surface area (Å²) in [5.41, 5.74) is 6.61. The number of benzene rings is 1. The molecule has 19 heavy (non-hydrogen) atoms. The number of amidine groups is 1. The van der Waals surface area contributed by atoms with Crippen molar-refractivity contribution in [1.29, 1.82) is 0 Å². The molecule has 0 spiro atoms. The van der Waals surface area contributed by atoms with Gasteiger partial charge in [-0.1, -0.05) is 23.4 Å². The number of rotatable bonds is 8. The summed E-state index contributed by atoms with van der Waals surface area (Å²) in [5, 5.41) is 11.4. The van der Waals surface area contributed by atoms with Crippen molar-refractivity contribution < 1.29 is 9.94 Å². The number of nitrogens with zero attached hydrogens (tertiary/aromatic N) is 2. The lowest BCUT2D eigenvalue weighted by Crippen LogP contribution is -2.20. The molecule has 0 aliphatic rings. The van der Waals surface area contributed by atoms with Crippen LogP contribution in [0.5, 0.6) is 5.75 Å². The molecule has 0 radical (unpaired) electrons. The van der Waals surface area contributed by atoms with E-state index in [1.54, 1.807) is 7.11 Å². The topological polar surface area (TPSA) is 71.1 Å². The second-order valence-electron chi connectivity index (χ2n) is 4.60. The Hall–Kier alpha value is -1.75. The van der Waals surface area contributed by atoms with Crippen molar-refractivity contribution in [2.24, 2.45) is 10.9 Å². The Bertz CT molecular complexity index is 407. The Labute approximate surface area is 114 Å². The average molecular weight is 265 g/mol. The molecule has 0 bridgehead atoms. The molecule has 0 atom stereocenters. The van der Waals surface area contributed by atoms with Crippen molar-refractivity contribution in [1.82, 2.24) is 4.90 Å². The van der Waals surface area contributed by atoms with Gasteiger partial charge >= 0.3 is 0 Å². The van der Waals surface area contributed by atoms with Crippen LogP contribution in [-0.2, 0) is 6.54 Å². The van der Waals surface area contributed by atoms with E-state index in [-0.39, 0.29) is 0 Å². The van der Waals surface area contributed by atoms with Crippen molar-refractivity contribution >= 4 is 5.84 Å². The summed E-state index contributed by atoms with van der Waals surface area (Å²) in [5.74, 6) is 1.22. The van der Waals surface area contributed by atoms with Crippen LogP contribution in [0, 0.1) is 0 Å². The van der Waals surface area contributed by atoms with Gasteiger partial charge in [0.05, 0.1) is 7.11 Å². The first-order chi connectivity index (χ1) is 9.17. The molecular formula is C14H23N3O2. The molecule has 0 aliphatic carbocycles. The van der Waals surface area contributed by atoms with Crippen LogP contribution in [-0.4, -0.2) is 36.6 Å². The molecule has 0 heterocycles. The number of hydrogen-bond acceptors (Lipinski definition) is 4. The molecule has 0 unspecified atom stereocenters. The van der Waals surface area contributed by atoms with Gasteiger partial charge in [-0.25, -0.2) is 0 Å². The number of ether oxygens (including phenoxy) is 1. The molecule has 0 fully saturated rings. The molecule has 0 aliphatic heterocycles. The number of hydrogen-bond donors (Lipinski definition) is 2. The highest BCUT2D eigenvalue weighted by atomic mass is 16.5. The van der Waals surface area contributed by atoms with Gasteiger partial charge in [-0.2, -0.15) is 0 Å². The smallest absolute Gasteiger partial charge is 0.139 e. The van der Waals surface area contributed by atoms with Gasteiger partial charge in [0.25, 0.3) is 0 Å². The zero-order valence-corrected chi connectivity index (χ0v) is 11.7. The maximum atomic E-state index is 8.43. The summed E-state index contributed by atoms with van der Waals surface area (Å²) in [7, 11) is 3.77. The number of nitrogens with two attached hydrogens (primary N) is 1. The van der Waals surface area contributed by atoms with Gasteiger partial charge in [-0.3, -0.25) is 0 Å². The third-order valence-electron chi connectivity index (χ3n) is 2.98. The van der Waals surface area contributed by atoms with E-state index in [1.165, 1.54) is 5.56 Å². The van der Waals surface area contributed by atoms with Crippen LogP contribution < -0.4 is 10.5 Å². The van der Waals surface area contributed by atoms with Crippen molar-refractivity contribution in [3.63, 3.8) is 0 Å². The second-order valence-corrected chi connectivity index (χ2v) is 4.60. The van der Waals surface area contributed by atoms with Crippen LogP contribution in [0.15, 0.2) is 29.4 Å². The summed E-state index contributed by atoms with van der Waals surface area (Å²) in [6, 6.07) is 8.04. The molecule has 5 heteroatoms. The molecule has 1 aromatic carbocycles. The highest BCUT2D eigenvalue weighted by Gasteiger charge is 2.05. The lowest BCUT2D eigenvalue weighted by atomic mass is 10.1. The normalized spacial score (nSPS) is 11.8. The number of para-hydroxylation sites is 1. The Morgan fingerprint density at radius 3 is 2.79 bits per heavy atom. The lowest BCUT2D eigenvalue weighted by molar-refractivity contribution is 0.308. The summed E-state index contributed by atoms with van der Waals surface area (Å²) >= 11 is 0. The van der Waals surface area contributed by atoms with Gasteiger partial charge in [0, 0.05) is 18.5 Å². The largest absolute Gasteiger partial charge is 0.496 e. The van der Waals surface area contributed by atoms with Crippen LogP contribution in [0.4, 0.5) is 0 Å². The molecule has 1 aromatic rings. The minimum absolute atomic E-state index is 0.299. The fourth-order valence-corrected chi connectivity index (χ4v) is 1.94. The first-order valence-corrected chi connectivity index (χ1v) is 6.44. The number of oxime groups is 1. The van der Waals surface area contributed by atoms with Gasteiger partial charge in [-0.05, 0) is 32.5 Å². The van der Waals surface area contributed by atoms with E-state index >= 15 is 0 Å². The van der Waals surface area contributed by atoms with Gasteiger partial charge in [0.1, 0.15) is 11.6 Å². The van der Waals surface area contributed by atoms with Crippen LogP contribution in [0.3, 0.4) is 0 Å². The minimum atomic E-state index is 0.299. The highest BCUT2D eigenvalue weighted by molar-refractivity contribution is 5.79. The average Bonchev–Trinajstić information content (AvgIpc) is 2.43. The predicted octanol–water partition coefficient (Wildman–Crippen LogP) is 2.04. The number of unbranched alkanes of at least 4 members (excludes halogenated alkanes) is 1. The van der Waals surface area contributed by atoms with Crippen molar-refractivity contribution in [3.05, 3.63) is 29.8 Å². The highest BCUT2D eigenvalue weighted by Crippen LogP contribution is 2.18. The fraction of sp³-hybridized carbons (Fsp3) is 0.500. The van der Waals surface area contributed by atoms with Crippen LogP contribution in [0.1, 0.15) is 24.8 Å². The maximum absolute atomic E-state index is 8.43. The summed E-state index contributed by atoms with van der Waals surface area (Å²) in [6.07, 6.45) is 2.58. The van der Waals surface area contributed by atoms with E-state index in [0.717, 1.165) is 31.7 Å². The molecular weight excluding hydrogens is 242 g/mol. The third kappa shape index (κ3) is 5.61.